The van der Waals surface area contributed by atoms with E-state index < -0.39 is 61.6 Å². The minimum atomic E-state index is -1.64. The average Bonchev–Trinajstić information content (AvgIpc) is 3.27. The number of nitrogens with two attached hydrogens (primary N) is 1. The third-order valence-electron chi connectivity index (χ3n) is 4.31. The fourth-order valence-corrected chi connectivity index (χ4v) is 2.66. The molecule has 15 heteroatoms. The third kappa shape index (κ3) is 4.79. The van der Waals surface area contributed by atoms with Gasteiger partial charge in [0.15, 0.2) is 23.7 Å². The highest BCUT2D eigenvalue weighted by atomic mass is 16.6. The first kappa shape index (κ1) is 23.8. The van der Waals surface area contributed by atoms with Gasteiger partial charge in [0.2, 0.25) is 5.95 Å². The molecule has 168 valence electrons. The van der Waals surface area contributed by atoms with Gasteiger partial charge in [0.25, 0.3) is 5.56 Å². The summed E-state index contributed by atoms with van der Waals surface area (Å²) in [5.74, 6) is -0.101. The summed E-state index contributed by atoms with van der Waals surface area (Å²) in [5.41, 5.74) is 5.12. The molecule has 0 aliphatic carbocycles. The first-order chi connectivity index (χ1) is 14.2. The van der Waals surface area contributed by atoms with E-state index in [1.165, 1.54) is 10.9 Å². The summed E-state index contributed by atoms with van der Waals surface area (Å²) < 4.78 is 6.64. The van der Waals surface area contributed by atoms with Crippen LogP contribution in [0.25, 0.3) is 11.2 Å². The molecule has 3 unspecified atom stereocenters. The van der Waals surface area contributed by atoms with Crippen LogP contribution in [0, 0.1) is 0 Å². The van der Waals surface area contributed by atoms with Crippen molar-refractivity contribution in [2.24, 2.45) is 0 Å². The maximum Gasteiger partial charge on any atom is 0.280 e. The van der Waals surface area contributed by atoms with E-state index in [2.05, 4.69) is 15.0 Å². The molecule has 2 aromatic heterocycles. The monoisotopic (exact) mass is 433 g/mol. The van der Waals surface area contributed by atoms with Crippen molar-refractivity contribution in [1.29, 1.82) is 0 Å². The third-order valence-corrected chi connectivity index (χ3v) is 4.31. The molecule has 0 spiro atoms. The summed E-state index contributed by atoms with van der Waals surface area (Å²) in [6.07, 6.45) is -7.85. The van der Waals surface area contributed by atoms with Gasteiger partial charge in [0.05, 0.1) is 19.5 Å². The Hall–Kier alpha value is -2.50. The Kier molecular flexibility index (Phi) is 7.93. The number of aromatic nitrogens is 4. The summed E-state index contributed by atoms with van der Waals surface area (Å²) in [6.45, 7) is -1.14. The van der Waals surface area contributed by atoms with Crippen molar-refractivity contribution in [3.63, 3.8) is 0 Å². The number of aldehydes is 1. The Labute approximate surface area is 167 Å². The van der Waals surface area contributed by atoms with E-state index >= 15 is 0 Å². The highest BCUT2D eigenvalue weighted by Crippen LogP contribution is 2.30. The number of nitrogens with zero attached hydrogens (tertiary/aromatic N) is 3. The zero-order valence-corrected chi connectivity index (χ0v) is 15.4. The largest absolute Gasteiger partial charge is 0.394 e. The molecule has 3 rings (SSSR count). The number of hydrogen-bond donors (Lipinski definition) is 9. The number of fused-ring (bicyclic) bond motifs is 1. The van der Waals surface area contributed by atoms with Gasteiger partial charge in [0.1, 0.15) is 36.6 Å². The van der Waals surface area contributed by atoms with Crippen LogP contribution in [0.1, 0.15) is 6.23 Å². The van der Waals surface area contributed by atoms with Crippen molar-refractivity contribution in [2.45, 2.75) is 42.9 Å². The number of ether oxygens (including phenoxy) is 1. The van der Waals surface area contributed by atoms with Crippen LogP contribution < -0.4 is 11.3 Å². The van der Waals surface area contributed by atoms with Gasteiger partial charge in [-0.05, 0) is 0 Å². The van der Waals surface area contributed by atoms with Crippen molar-refractivity contribution in [1.82, 2.24) is 19.5 Å². The molecule has 2 aromatic rings. The minimum Gasteiger partial charge on any atom is -0.394 e. The second kappa shape index (κ2) is 10.0. The summed E-state index contributed by atoms with van der Waals surface area (Å²) >= 11 is 0. The standard InChI is InChI=1S/C10H13N5O5.C5H10O5/c11-10-13-7-4(8(19)14-10)12-2-15(7)9-6(18)5(17)3(1-16)20-9;6-1-3(8)5(10)4(9)2-7/h2-3,5-6,9,16-18H,1H2,(H3,11,13,14,19);1,3-5,7-10H,2H2/t3-,5-,6-,9-;/m1./s1. The number of nitrogen functional groups attached to an aromatic ring is 1. The number of anilines is 1. The van der Waals surface area contributed by atoms with E-state index in [1.807, 2.05) is 0 Å². The molecule has 1 aliphatic rings. The first-order valence-corrected chi connectivity index (χ1v) is 8.61. The van der Waals surface area contributed by atoms with Gasteiger partial charge >= 0.3 is 0 Å². The van der Waals surface area contributed by atoms with E-state index in [1.54, 1.807) is 0 Å². The molecule has 1 fully saturated rings. The maximum atomic E-state index is 11.7. The Morgan fingerprint density at radius 2 is 1.93 bits per heavy atom. The van der Waals surface area contributed by atoms with E-state index in [4.69, 9.17) is 36.0 Å². The number of nitrogens with one attached hydrogen (secondary N) is 1. The van der Waals surface area contributed by atoms with Crippen LogP contribution in [0.4, 0.5) is 5.95 Å². The van der Waals surface area contributed by atoms with Crippen molar-refractivity contribution in [3.05, 3.63) is 16.7 Å². The Morgan fingerprint density at radius 1 is 1.27 bits per heavy atom. The lowest BCUT2D eigenvalue weighted by atomic mass is 10.1. The lowest BCUT2D eigenvalue weighted by molar-refractivity contribution is -0.127. The van der Waals surface area contributed by atoms with Crippen molar-refractivity contribution in [2.75, 3.05) is 18.9 Å². The summed E-state index contributed by atoms with van der Waals surface area (Å²) in [5, 5.41) is 62.8. The Morgan fingerprint density at radius 3 is 2.47 bits per heavy atom. The van der Waals surface area contributed by atoms with E-state index in [0.717, 1.165) is 0 Å². The lowest BCUT2D eigenvalue weighted by Crippen LogP contribution is -2.40. The smallest absolute Gasteiger partial charge is 0.280 e. The van der Waals surface area contributed by atoms with Crippen molar-refractivity contribution in [3.8, 4) is 0 Å². The first-order valence-electron chi connectivity index (χ1n) is 8.61. The van der Waals surface area contributed by atoms with Crippen molar-refractivity contribution < 1.29 is 45.3 Å². The molecule has 0 amide bonds. The molecular formula is C15H23N5O10. The molecule has 0 radical (unpaired) electrons. The van der Waals surface area contributed by atoms with Crippen molar-refractivity contribution >= 4 is 23.4 Å². The number of carbonyl (C=O) groups excluding carboxylic acids is 1. The highest BCUT2D eigenvalue weighted by molar-refractivity contribution is 5.70. The topological polar surface area (TPSA) is 257 Å². The summed E-state index contributed by atoms with van der Waals surface area (Å²) in [6, 6.07) is 0. The van der Waals surface area contributed by atoms with Gasteiger partial charge in [0, 0.05) is 0 Å². The maximum absolute atomic E-state index is 11.7. The van der Waals surface area contributed by atoms with Crippen LogP contribution in [0.2, 0.25) is 0 Å². The number of aliphatic hydroxyl groups is 7. The lowest BCUT2D eigenvalue weighted by Gasteiger charge is -2.16. The number of aliphatic hydroxyl groups excluding tert-OH is 7. The second-order valence-corrected chi connectivity index (χ2v) is 6.37. The van der Waals surface area contributed by atoms with Crippen LogP contribution in [0.15, 0.2) is 11.1 Å². The molecule has 1 aliphatic heterocycles. The quantitative estimate of drug-likeness (QED) is 0.193. The molecular weight excluding hydrogens is 410 g/mol. The molecule has 7 atom stereocenters. The molecule has 30 heavy (non-hydrogen) atoms. The number of aromatic amines is 1. The fraction of sp³-hybridized carbons (Fsp3) is 0.600. The van der Waals surface area contributed by atoms with Crippen LogP contribution >= 0.6 is 0 Å². The van der Waals surface area contributed by atoms with Gasteiger partial charge in [-0.25, -0.2) is 4.98 Å². The van der Waals surface area contributed by atoms with Gasteiger partial charge in [-0.15, -0.1) is 0 Å². The molecule has 0 saturated carbocycles. The predicted molar refractivity (Wildman–Crippen MR) is 96.7 cm³/mol. The van der Waals surface area contributed by atoms with Crippen LogP contribution in [-0.2, 0) is 9.53 Å². The summed E-state index contributed by atoms with van der Waals surface area (Å²) in [7, 11) is 0. The van der Waals surface area contributed by atoms with Gasteiger partial charge in [-0.2, -0.15) is 4.98 Å². The molecule has 15 nitrogen and oxygen atoms in total. The predicted octanol–water partition coefficient (Wildman–Crippen LogP) is -5.43. The molecule has 1 saturated heterocycles. The number of H-pyrrole nitrogens is 1. The Bertz CT molecular complexity index is 904. The number of carbonyl (C=O) groups is 1. The minimum absolute atomic E-state index is 0.0388. The van der Waals surface area contributed by atoms with E-state index in [9.17, 15) is 19.8 Å². The van der Waals surface area contributed by atoms with Crippen LogP contribution in [-0.4, -0.2) is 111 Å². The molecule has 0 bridgehead atoms. The van der Waals surface area contributed by atoms with E-state index in [-0.39, 0.29) is 23.4 Å². The van der Waals surface area contributed by atoms with Gasteiger partial charge < -0.3 is 51.0 Å². The van der Waals surface area contributed by atoms with Gasteiger partial charge in [-0.1, -0.05) is 0 Å². The zero-order valence-electron chi connectivity index (χ0n) is 15.4. The molecule has 10 N–H and O–H groups in total. The number of rotatable bonds is 6. The summed E-state index contributed by atoms with van der Waals surface area (Å²) in [4.78, 5) is 31.5. The SMILES string of the molecule is Nc1nc2c(ncn2[C@@H]2O[C@H](CO)[C@@H](O)[C@H]2O)c(=O)[nH]1.O=CC(O)C(O)C(O)CO. The van der Waals surface area contributed by atoms with E-state index in [0.29, 0.717) is 0 Å². The Balaban J connectivity index is 0.000000274. The average molecular weight is 433 g/mol. The number of hydrogen-bond acceptors (Lipinski definition) is 13. The van der Waals surface area contributed by atoms with Crippen LogP contribution in [0.5, 0.6) is 0 Å². The normalized spacial score (nSPS) is 26.6. The molecule has 3 heterocycles. The number of imidazole rings is 1. The highest BCUT2D eigenvalue weighted by Gasteiger charge is 2.44. The fourth-order valence-electron chi connectivity index (χ4n) is 2.66. The molecule has 0 aromatic carbocycles. The van der Waals surface area contributed by atoms with Crippen LogP contribution in [0.3, 0.4) is 0 Å². The second-order valence-electron chi connectivity index (χ2n) is 6.37. The van der Waals surface area contributed by atoms with Gasteiger partial charge in [-0.3, -0.25) is 14.3 Å². The zero-order chi connectivity index (χ0) is 22.6.